The molecule has 0 aliphatic rings. The number of carbonyl (C=O) groups excluding carboxylic acids is 1. The second kappa shape index (κ2) is 11.6. The Kier molecular flexibility index (Phi) is 8.62. The van der Waals surface area contributed by atoms with Crippen molar-refractivity contribution in [2.45, 2.75) is 56.5 Å². The van der Waals surface area contributed by atoms with Gasteiger partial charge >= 0.3 is 0 Å². The fourth-order valence-electron chi connectivity index (χ4n) is 3.40. The van der Waals surface area contributed by atoms with Gasteiger partial charge in [-0.25, -0.2) is 4.98 Å². The first kappa shape index (κ1) is 23.7. The average molecular weight is 451 g/mol. The van der Waals surface area contributed by atoms with Gasteiger partial charge in [0.25, 0.3) is 5.56 Å². The first-order valence-electron chi connectivity index (χ1n) is 10.9. The van der Waals surface area contributed by atoms with Gasteiger partial charge in [-0.3, -0.25) is 19.1 Å². The van der Waals surface area contributed by atoms with Gasteiger partial charge in [0.15, 0.2) is 5.16 Å². The Hall–Kier alpha value is -2.93. The van der Waals surface area contributed by atoms with Crippen molar-refractivity contribution in [3.8, 4) is 0 Å². The predicted octanol–water partition coefficient (Wildman–Crippen LogP) is 4.04. The lowest BCUT2D eigenvalue weighted by atomic mass is 10.1. The van der Waals surface area contributed by atoms with Gasteiger partial charge in [0.05, 0.1) is 5.25 Å². The normalized spacial score (nSPS) is 11.8. The van der Waals surface area contributed by atoms with Crippen LogP contribution in [-0.4, -0.2) is 25.7 Å². The van der Waals surface area contributed by atoms with Crippen LogP contribution in [0.4, 0.5) is 0 Å². The highest BCUT2D eigenvalue weighted by Crippen LogP contribution is 2.25. The molecule has 0 aliphatic heterocycles. The van der Waals surface area contributed by atoms with Crippen LogP contribution in [0.2, 0.25) is 0 Å². The van der Waals surface area contributed by atoms with Crippen molar-refractivity contribution in [1.29, 1.82) is 0 Å². The van der Waals surface area contributed by atoms with Crippen LogP contribution in [0, 0.1) is 6.92 Å². The molecule has 3 aromatic rings. The van der Waals surface area contributed by atoms with Crippen LogP contribution >= 0.6 is 11.8 Å². The molecular formula is C25H30N4O2S. The second-order valence-electron chi connectivity index (χ2n) is 7.81. The summed E-state index contributed by atoms with van der Waals surface area (Å²) < 4.78 is 1.57. The number of aromatic nitrogens is 3. The molecule has 168 valence electrons. The van der Waals surface area contributed by atoms with Gasteiger partial charge in [0.1, 0.15) is 0 Å². The molecule has 2 aromatic heterocycles. The standard InChI is InChI=1S/C25H30N4O2S/c1-4-5-11-22(23(30)27-17-20-12-14-26-15-13-20)32-25-28-18(2)21(24(31)29(25)3)16-19-9-7-6-8-10-19/h6-10,12-15,22H,4-5,11,16-17H2,1-3H3,(H,27,30). The van der Waals surface area contributed by atoms with Gasteiger partial charge in [0.2, 0.25) is 5.91 Å². The smallest absolute Gasteiger partial charge is 0.257 e. The van der Waals surface area contributed by atoms with Gasteiger partial charge in [-0.2, -0.15) is 0 Å². The fraction of sp³-hybridized carbons (Fsp3) is 0.360. The number of carbonyl (C=O) groups is 1. The van der Waals surface area contributed by atoms with Crippen molar-refractivity contribution in [2.24, 2.45) is 7.05 Å². The molecule has 1 amide bonds. The molecule has 1 unspecified atom stereocenters. The van der Waals surface area contributed by atoms with Crippen LogP contribution in [0.3, 0.4) is 0 Å². The number of benzene rings is 1. The van der Waals surface area contributed by atoms with E-state index in [1.165, 1.54) is 11.8 Å². The van der Waals surface area contributed by atoms with E-state index in [-0.39, 0.29) is 16.7 Å². The average Bonchev–Trinajstić information content (AvgIpc) is 2.82. The number of nitrogens with one attached hydrogen (secondary N) is 1. The van der Waals surface area contributed by atoms with Crippen molar-refractivity contribution in [1.82, 2.24) is 19.9 Å². The van der Waals surface area contributed by atoms with E-state index >= 15 is 0 Å². The molecule has 1 N–H and O–H groups in total. The van der Waals surface area contributed by atoms with Crippen LogP contribution in [0.5, 0.6) is 0 Å². The summed E-state index contributed by atoms with van der Waals surface area (Å²) in [6.07, 6.45) is 6.62. The number of rotatable bonds is 10. The maximum atomic E-state index is 13.1. The van der Waals surface area contributed by atoms with E-state index < -0.39 is 0 Å². The molecule has 0 fully saturated rings. The Morgan fingerprint density at radius 2 is 1.84 bits per heavy atom. The second-order valence-corrected chi connectivity index (χ2v) is 8.98. The first-order valence-corrected chi connectivity index (χ1v) is 11.8. The molecule has 7 heteroatoms. The van der Waals surface area contributed by atoms with Crippen molar-refractivity contribution >= 4 is 17.7 Å². The third kappa shape index (κ3) is 6.29. The third-order valence-electron chi connectivity index (χ3n) is 5.35. The van der Waals surface area contributed by atoms with Crippen LogP contribution in [0.1, 0.15) is 48.6 Å². The lowest BCUT2D eigenvalue weighted by Crippen LogP contribution is -2.33. The lowest BCUT2D eigenvalue weighted by molar-refractivity contribution is -0.120. The largest absolute Gasteiger partial charge is 0.351 e. The number of hydrogen-bond acceptors (Lipinski definition) is 5. The molecule has 0 aliphatic carbocycles. The van der Waals surface area contributed by atoms with Gasteiger partial charge in [-0.15, -0.1) is 0 Å². The molecular weight excluding hydrogens is 420 g/mol. The van der Waals surface area contributed by atoms with E-state index in [2.05, 4.69) is 17.2 Å². The molecule has 1 atom stereocenters. The molecule has 2 heterocycles. The SMILES string of the molecule is CCCCC(Sc1nc(C)c(Cc2ccccc2)c(=O)n1C)C(=O)NCc1ccncc1. The van der Waals surface area contributed by atoms with Crippen LogP contribution in [-0.2, 0) is 24.8 Å². The van der Waals surface area contributed by atoms with Crippen LogP contribution in [0.15, 0.2) is 64.8 Å². The molecule has 6 nitrogen and oxygen atoms in total. The van der Waals surface area contributed by atoms with Crippen molar-refractivity contribution in [3.05, 3.63) is 87.6 Å². The zero-order chi connectivity index (χ0) is 22.9. The number of pyridine rings is 1. The molecule has 0 radical (unpaired) electrons. The number of unbranched alkanes of at least 4 members (excludes halogenated alkanes) is 1. The maximum Gasteiger partial charge on any atom is 0.257 e. The molecule has 3 rings (SSSR count). The van der Waals surface area contributed by atoms with E-state index in [9.17, 15) is 9.59 Å². The molecule has 32 heavy (non-hydrogen) atoms. The third-order valence-corrected chi connectivity index (χ3v) is 6.66. The minimum Gasteiger partial charge on any atom is -0.351 e. The summed E-state index contributed by atoms with van der Waals surface area (Å²) >= 11 is 1.37. The summed E-state index contributed by atoms with van der Waals surface area (Å²) in [4.78, 5) is 34.8. The van der Waals surface area contributed by atoms with E-state index in [4.69, 9.17) is 4.98 Å². The van der Waals surface area contributed by atoms with E-state index in [1.807, 2.05) is 49.4 Å². The van der Waals surface area contributed by atoms with Gasteiger partial charge in [-0.1, -0.05) is 61.9 Å². The number of amides is 1. The Morgan fingerprint density at radius 3 is 2.53 bits per heavy atom. The van der Waals surface area contributed by atoms with Gasteiger partial charge < -0.3 is 5.32 Å². The zero-order valence-corrected chi connectivity index (χ0v) is 19.7. The summed E-state index contributed by atoms with van der Waals surface area (Å²) in [5.41, 5.74) is 3.42. The highest BCUT2D eigenvalue weighted by molar-refractivity contribution is 8.00. The van der Waals surface area contributed by atoms with Gasteiger partial charge in [-0.05, 0) is 36.6 Å². The molecule has 1 aromatic carbocycles. The van der Waals surface area contributed by atoms with Crippen molar-refractivity contribution < 1.29 is 4.79 Å². The highest BCUT2D eigenvalue weighted by Gasteiger charge is 2.23. The molecule has 0 saturated carbocycles. The molecule has 0 saturated heterocycles. The van der Waals surface area contributed by atoms with E-state index in [0.717, 1.165) is 30.4 Å². The van der Waals surface area contributed by atoms with Crippen LogP contribution in [0.25, 0.3) is 0 Å². The summed E-state index contributed by atoms with van der Waals surface area (Å²) in [7, 11) is 1.73. The van der Waals surface area contributed by atoms with Gasteiger partial charge in [0, 0.05) is 43.7 Å². The Labute approximate surface area is 193 Å². The van der Waals surface area contributed by atoms with E-state index in [0.29, 0.717) is 29.4 Å². The topological polar surface area (TPSA) is 76.9 Å². The van der Waals surface area contributed by atoms with E-state index in [1.54, 1.807) is 24.0 Å². The number of aryl methyl sites for hydroxylation is 1. The zero-order valence-electron chi connectivity index (χ0n) is 18.9. The Morgan fingerprint density at radius 1 is 1.12 bits per heavy atom. The van der Waals surface area contributed by atoms with Crippen molar-refractivity contribution in [3.63, 3.8) is 0 Å². The Bertz CT molecular complexity index is 1080. The molecule has 0 spiro atoms. The molecule has 0 bridgehead atoms. The number of thioether (sulfide) groups is 1. The monoisotopic (exact) mass is 450 g/mol. The predicted molar refractivity (Wildman–Crippen MR) is 129 cm³/mol. The number of nitrogens with zero attached hydrogens (tertiary/aromatic N) is 3. The first-order chi connectivity index (χ1) is 15.5. The van der Waals surface area contributed by atoms with Crippen LogP contribution < -0.4 is 10.9 Å². The minimum absolute atomic E-state index is 0.0412. The maximum absolute atomic E-state index is 13.1. The number of hydrogen-bond donors (Lipinski definition) is 1. The van der Waals surface area contributed by atoms with Crippen molar-refractivity contribution in [2.75, 3.05) is 0 Å². The summed E-state index contributed by atoms with van der Waals surface area (Å²) in [5, 5.41) is 3.28. The summed E-state index contributed by atoms with van der Waals surface area (Å²) in [6, 6.07) is 13.7. The lowest BCUT2D eigenvalue weighted by Gasteiger charge is -2.18. The summed E-state index contributed by atoms with van der Waals surface area (Å²) in [5.74, 6) is -0.0412. The highest BCUT2D eigenvalue weighted by atomic mass is 32.2. The Balaban J connectivity index is 1.77. The summed E-state index contributed by atoms with van der Waals surface area (Å²) in [6.45, 7) is 4.42. The quantitative estimate of drug-likeness (QED) is 0.373. The minimum atomic E-state index is -0.311. The fourth-order valence-corrected chi connectivity index (χ4v) is 4.56.